The summed E-state index contributed by atoms with van der Waals surface area (Å²) in [4.78, 5) is 4.54. The van der Waals surface area contributed by atoms with Crippen molar-refractivity contribution in [2.24, 2.45) is 0 Å². The highest BCUT2D eigenvalue weighted by Crippen LogP contribution is 2.26. The van der Waals surface area contributed by atoms with E-state index >= 15 is 0 Å². The van der Waals surface area contributed by atoms with E-state index < -0.39 is 0 Å². The number of nitrogens with zero attached hydrogens (tertiary/aromatic N) is 4. The van der Waals surface area contributed by atoms with Crippen molar-refractivity contribution in [1.29, 1.82) is 0 Å². The Balaban J connectivity index is 1.76. The first-order chi connectivity index (χ1) is 13.8. The summed E-state index contributed by atoms with van der Waals surface area (Å²) in [6.07, 6.45) is 7.89. The lowest BCUT2D eigenvalue weighted by Crippen LogP contribution is -2.10. The highest BCUT2D eigenvalue weighted by molar-refractivity contribution is 5.58. The van der Waals surface area contributed by atoms with E-state index in [9.17, 15) is 0 Å². The molecule has 0 unspecified atom stereocenters. The van der Waals surface area contributed by atoms with E-state index in [2.05, 4.69) is 54.7 Å². The molecule has 0 saturated carbocycles. The zero-order valence-electron chi connectivity index (χ0n) is 17.8. The molecule has 1 aromatic carbocycles. The van der Waals surface area contributed by atoms with Gasteiger partial charge >= 0.3 is 0 Å². The van der Waals surface area contributed by atoms with Gasteiger partial charge in [-0.15, -0.1) is 0 Å². The lowest BCUT2D eigenvalue weighted by atomic mass is 9.87. The minimum absolute atomic E-state index is 0.111. The van der Waals surface area contributed by atoms with E-state index in [4.69, 9.17) is 4.52 Å². The van der Waals surface area contributed by atoms with Gasteiger partial charge in [-0.3, -0.25) is 4.68 Å². The first kappa shape index (κ1) is 20.5. The molecule has 0 saturated heterocycles. The summed E-state index contributed by atoms with van der Waals surface area (Å²) in [6, 6.07) is 10.2. The van der Waals surface area contributed by atoms with Gasteiger partial charge in [0.05, 0.1) is 6.54 Å². The Kier molecular flexibility index (Phi) is 5.97. The maximum Gasteiger partial charge on any atom is 0.278 e. The summed E-state index contributed by atoms with van der Waals surface area (Å²) >= 11 is 0. The van der Waals surface area contributed by atoms with Gasteiger partial charge < -0.3 is 4.52 Å². The van der Waals surface area contributed by atoms with Crippen molar-refractivity contribution in [3.63, 3.8) is 0 Å². The summed E-state index contributed by atoms with van der Waals surface area (Å²) in [7, 11) is 0. The highest BCUT2D eigenvalue weighted by Gasteiger charge is 2.16. The Hall–Kier alpha value is -3.21. The molecular weight excluding hydrogens is 360 g/mol. The molecule has 2 heterocycles. The summed E-state index contributed by atoms with van der Waals surface area (Å²) in [5.74, 6) is 0.991. The van der Waals surface area contributed by atoms with Gasteiger partial charge in [-0.25, -0.2) is 0 Å². The molecule has 0 spiro atoms. The van der Waals surface area contributed by atoms with Crippen LogP contribution in [0.5, 0.6) is 0 Å². The summed E-state index contributed by atoms with van der Waals surface area (Å²) in [5, 5.41) is 8.73. The Bertz CT molecular complexity index is 1040. The average molecular weight is 389 g/mol. The molecule has 3 aromatic rings. The zero-order chi connectivity index (χ0) is 21.0. The monoisotopic (exact) mass is 388 g/mol. The molecule has 0 aliphatic carbocycles. The van der Waals surface area contributed by atoms with Crippen molar-refractivity contribution in [1.82, 2.24) is 19.9 Å². The second kappa shape index (κ2) is 8.43. The van der Waals surface area contributed by atoms with Gasteiger partial charge in [0.25, 0.3) is 5.89 Å². The minimum Gasteiger partial charge on any atom is -0.332 e. The molecule has 29 heavy (non-hydrogen) atoms. The van der Waals surface area contributed by atoms with Crippen LogP contribution in [0.4, 0.5) is 0 Å². The zero-order valence-corrected chi connectivity index (χ0v) is 17.8. The van der Waals surface area contributed by atoms with Crippen LogP contribution in [-0.4, -0.2) is 19.9 Å². The fourth-order valence-corrected chi connectivity index (χ4v) is 2.81. The van der Waals surface area contributed by atoms with Gasteiger partial charge in [-0.1, -0.05) is 86.6 Å². The van der Waals surface area contributed by atoms with E-state index in [0.29, 0.717) is 24.0 Å². The van der Waals surface area contributed by atoms with Gasteiger partial charge in [0.1, 0.15) is 0 Å². The van der Waals surface area contributed by atoms with Crippen LogP contribution in [0.2, 0.25) is 0 Å². The predicted molar refractivity (Wildman–Crippen MR) is 117 cm³/mol. The molecule has 0 aliphatic rings. The van der Waals surface area contributed by atoms with Crippen LogP contribution in [0.3, 0.4) is 0 Å². The Morgan fingerprint density at radius 1 is 1.21 bits per heavy atom. The van der Waals surface area contributed by atoms with E-state index in [0.717, 1.165) is 16.8 Å². The van der Waals surface area contributed by atoms with Crippen LogP contribution in [-0.2, 0) is 12.0 Å². The van der Waals surface area contributed by atoms with Crippen molar-refractivity contribution >= 4 is 0 Å². The predicted octanol–water partition coefficient (Wildman–Crippen LogP) is 5.89. The number of hydrogen-bond acceptors (Lipinski definition) is 4. The Morgan fingerprint density at radius 3 is 2.59 bits per heavy atom. The number of allylic oxidation sites excluding steroid dienone is 5. The van der Waals surface area contributed by atoms with E-state index in [1.54, 1.807) is 0 Å². The third kappa shape index (κ3) is 4.99. The summed E-state index contributed by atoms with van der Waals surface area (Å²) in [6.45, 7) is 15.0. The first-order valence-corrected chi connectivity index (χ1v) is 9.73. The van der Waals surface area contributed by atoms with Gasteiger partial charge in [-0.2, -0.15) is 10.1 Å². The molecule has 0 bridgehead atoms. The van der Waals surface area contributed by atoms with Crippen LogP contribution >= 0.6 is 0 Å². The average Bonchev–Trinajstić information content (AvgIpc) is 3.31. The maximum atomic E-state index is 5.47. The smallest absolute Gasteiger partial charge is 0.278 e. The highest BCUT2D eigenvalue weighted by atomic mass is 16.5. The molecule has 5 nitrogen and oxygen atoms in total. The molecular formula is C24H28N4O. The minimum atomic E-state index is 0.111. The lowest BCUT2D eigenvalue weighted by molar-refractivity contribution is 0.430. The van der Waals surface area contributed by atoms with Crippen LogP contribution in [0, 0.1) is 6.92 Å². The number of aromatic nitrogens is 4. The molecule has 0 radical (unpaired) electrons. The molecule has 5 heteroatoms. The Morgan fingerprint density at radius 2 is 1.93 bits per heavy atom. The summed E-state index contributed by atoms with van der Waals surface area (Å²) < 4.78 is 7.37. The largest absolute Gasteiger partial charge is 0.332 e. The van der Waals surface area contributed by atoms with Gasteiger partial charge in [0.2, 0.25) is 5.82 Å². The topological polar surface area (TPSA) is 56.7 Å². The van der Waals surface area contributed by atoms with Gasteiger partial charge in [0.15, 0.2) is 5.69 Å². The van der Waals surface area contributed by atoms with E-state index in [-0.39, 0.29) is 5.41 Å². The molecule has 0 atom stereocenters. The van der Waals surface area contributed by atoms with Gasteiger partial charge in [-0.05, 0) is 30.9 Å². The second-order valence-electron chi connectivity index (χ2n) is 8.15. The fourth-order valence-electron chi connectivity index (χ4n) is 2.81. The third-order valence-electron chi connectivity index (χ3n) is 4.73. The molecule has 2 aromatic heterocycles. The van der Waals surface area contributed by atoms with Crippen LogP contribution in [0.25, 0.3) is 23.0 Å². The van der Waals surface area contributed by atoms with Crippen molar-refractivity contribution in [2.75, 3.05) is 0 Å². The van der Waals surface area contributed by atoms with Crippen molar-refractivity contribution in [3.8, 4) is 23.0 Å². The van der Waals surface area contributed by atoms with Crippen LogP contribution < -0.4 is 0 Å². The number of benzene rings is 1. The van der Waals surface area contributed by atoms with Crippen LogP contribution in [0.1, 0.15) is 39.0 Å². The first-order valence-electron chi connectivity index (χ1n) is 9.73. The fraction of sp³-hybridized carbons (Fsp3) is 0.292. The molecule has 150 valence electrons. The molecule has 0 aliphatic heterocycles. The standard InChI is InChI=1S/C24H28N4O/c1-7-17(2)10-8-9-15-28-18(3)16-21(26-28)23-25-22(27-29-23)19-11-13-20(14-12-19)24(4,5)6/h7-14,16H,1,15H2,2-6H3/b9-8+,17-10-. The molecule has 3 rings (SSSR count). The van der Waals surface area contributed by atoms with E-state index in [1.165, 1.54) is 5.56 Å². The molecule has 0 N–H and O–H groups in total. The number of rotatable bonds is 6. The van der Waals surface area contributed by atoms with Gasteiger partial charge in [0, 0.05) is 11.3 Å². The van der Waals surface area contributed by atoms with Crippen molar-refractivity contribution in [3.05, 3.63) is 78.0 Å². The van der Waals surface area contributed by atoms with Crippen molar-refractivity contribution in [2.45, 2.75) is 46.6 Å². The quantitative estimate of drug-likeness (QED) is 0.494. The molecule has 0 amide bonds. The van der Waals surface area contributed by atoms with Crippen LogP contribution in [0.15, 0.2) is 71.3 Å². The second-order valence-corrected chi connectivity index (χ2v) is 8.15. The van der Waals surface area contributed by atoms with E-state index in [1.807, 2.05) is 61.0 Å². The number of aryl methyl sites for hydroxylation is 1. The lowest BCUT2D eigenvalue weighted by Gasteiger charge is -2.18. The van der Waals surface area contributed by atoms with Crippen molar-refractivity contribution < 1.29 is 4.52 Å². The Labute approximate surface area is 172 Å². The normalized spacial score (nSPS) is 12.7. The third-order valence-corrected chi connectivity index (χ3v) is 4.73. The SMILES string of the molecule is C=C/C(C)=C\C=C\Cn1nc(-c2nc(-c3ccc(C(C)(C)C)cc3)no2)cc1C. The number of hydrogen-bond donors (Lipinski definition) is 0. The maximum absolute atomic E-state index is 5.47. The summed E-state index contributed by atoms with van der Waals surface area (Å²) in [5.41, 5.74) is 5.14. The molecule has 0 fully saturated rings.